The second-order valence-electron chi connectivity index (χ2n) is 6.17. The predicted molar refractivity (Wildman–Crippen MR) is 125 cm³/mol. The van der Waals surface area contributed by atoms with Crippen LogP contribution in [0.4, 0.5) is 10.8 Å². The average molecular weight is 500 g/mol. The van der Waals surface area contributed by atoms with Gasteiger partial charge in [-0.2, -0.15) is 0 Å². The molecule has 0 atom stereocenters. The van der Waals surface area contributed by atoms with Crippen molar-refractivity contribution in [2.45, 2.75) is 4.90 Å². The number of hydrogen-bond donors (Lipinski definition) is 2. The number of hydrogen-bond acceptors (Lipinski definition) is 6. The molecule has 0 bridgehead atoms. The number of aromatic nitrogens is 2. The molecule has 0 amide bonds. The molecular formula is C19H13Cl3N4O2S2. The van der Waals surface area contributed by atoms with Gasteiger partial charge in [-0.1, -0.05) is 58.3 Å². The van der Waals surface area contributed by atoms with Gasteiger partial charge >= 0.3 is 0 Å². The average Bonchev–Trinajstić information content (AvgIpc) is 3.11. The van der Waals surface area contributed by atoms with Gasteiger partial charge in [0.05, 0.1) is 25.9 Å². The monoisotopic (exact) mass is 498 g/mol. The van der Waals surface area contributed by atoms with E-state index >= 15 is 0 Å². The zero-order valence-corrected chi connectivity index (χ0v) is 19.2. The highest BCUT2D eigenvalue weighted by atomic mass is 35.5. The van der Waals surface area contributed by atoms with E-state index in [9.17, 15) is 8.42 Å². The summed E-state index contributed by atoms with van der Waals surface area (Å²) in [5.41, 5.74) is 2.51. The molecule has 0 saturated heterocycles. The smallest absolute Gasteiger partial charge is 0.264 e. The van der Waals surface area contributed by atoms with Gasteiger partial charge in [-0.3, -0.25) is 4.72 Å². The summed E-state index contributed by atoms with van der Waals surface area (Å²) in [4.78, 5) is 8.36. The summed E-state index contributed by atoms with van der Waals surface area (Å²) in [6, 6.07) is 11.8. The Bertz CT molecular complexity index is 1350. The number of fused-ring (bicyclic) bond motifs is 1. The van der Waals surface area contributed by atoms with Crippen molar-refractivity contribution in [2.24, 2.45) is 0 Å². The minimum atomic E-state index is -4.09. The van der Waals surface area contributed by atoms with Crippen molar-refractivity contribution in [3.05, 3.63) is 63.9 Å². The highest BCUT2D eigenvalue weighted by molar-refractivity contribution is 7.93. The third kappa shape index (κ3) is 4.06. The SMILES string of the molecule is CNc1nc2ccc(-c3cnc(Cl)c(NS(=O)(=O)c4c(Cl)cccc4Cl)c3)cc2s1. The lowest BCUT2D eigenvalue weighted by molar-refractivity contribution is 0.601. The van der Waals surface area contributed by atoms with Gasteiger partial charge in [-0.25, -0.2) is 18.4 Å². The molecule has 154 valence electrons. The molecular weight excluding hydrogens is 487 g/mol. The van der Waals surface area contributed by atoms with Crippen molar-refractivity contribution in [1.82, 2.24) is 9.97 Å². The first-order valence-electron chi connectivity index (χ1n) is 8.49. The van der Waals surface area contributed by atoms with Gasteiger partial charge in [0.25, 0.3) is 10.0 Å². The van der Waals surface area contributed by atoms with Crippen molar-refractivity contribution in [2.75, 3.05) is 17.1 Å². The molecule has 0 spiro atoms. The third-order valence-corrected chi connectivity index (χ3v) is 7.86. The van der Waals surface area contributed by atoms with Crippen molar-refractivity contribution in [1.29, 1.82) is 0 Å². The second kappa shape index (κ2) is 8.20. The Labute approximate surface area is 191 Å². The molecule has 0 saturated carbocycles. The van der Waals surface area contributed by atoms with Gasteiger partial charge < -0.3 is 5.32 Å². The van der Waals surface area contributed by atoms with Gasteiger partial charge in [0.15, 0.2) is 10.3 Å². The Balaban J connectivity index is 1.73. The minimum Gasteiger partial charge on any atom is -0.365 e. The van der Waals surface area contributed by atoms with Crippen molar-refractivity contribution >= 4 is 77.2 Å². The number of halogens is 3. The predicted octanol–water partition coefficient (Wildman–Crippen LogP) is 6.16. The van der Waals surface area contributed by atoms with Crippen LogP contribution >= 0.6 is 46.1 Å². The standard InChI is InChI=1S/C19H13Cl3N4O2S2/c1-23-19-25-14-6-5-10(8-16(14)29-19)11-7-15(18(22)24-9-11)26-30(27,28)17-12(20)3-2-4-13(17)21/h2-9,26H,1H3,(H,23,25). The number of rotatable bonds is 5. The maximum Gasteiger partial charge on any atom is 0.264 e. The van der Waals surface area contributed by atoms with Crippen LogP contribution in [0.25, 0.3) is 21.3 Å². The Morgan fingerprint density at radius 2 is 1.73 bits per heavy atom. The number of nitrogens with zero attached hydrogens (tertiary/aromatic N) is 2. The molecule has 4 rings (SSSR count). The summed E-state index contributed by atoms with van der Waals surface area (Å²) in [6.07, 6.45) is 1.57. The van der Waals surface area contributed by atoms with Gasteiger partial charge in [0, 0.05) is 18.8 Å². The molecule has 4 aromatic rings. The zero-order valence-electron chi connectivity index (χ0n) is 15.3. The van der Waals surface area contributed by atoms with Crippen LogP contribution in [-0.2, 0) is 10.0 Å². The van der Waals surface area contributed by atoms with E-state index in [0.29, 0.717) is 5.56 Å². The molecule has 6 nitrogen and oxygen atoms in total. The molecule has 2 heterocycles. The molecule has 0 unspecified atom stereocenters. The molecule has 0 aliphatic rings. The fraction of sp³-hybridized carbons (Fsp3) is 0.0526. The van der Waals surface area contributed by atoms with E-state index in [2.05, 4.69) is 20.0 Å². The highest BCUT2D eigenvalue weighted by Crippen LogP contribution is 2.35. The lowest BCUT2D eigenvalue weighted by atomic mass is 10.1. The summed E-state index contributed by atoms with van der Waals surface area (Å²) in [6.45, 7) is 0. The molecule has 2 aromatic heterocycles. The number of benzene rings is 2. The first-order chi connectivity index (χ1) is 14.3. The van der Waals surface area contributed by atoms with Crippen molar-refractivity contribution < 1.29 is 8.42 Å². The van der Waals surface area contributed by atoms with Crippen LogP contribution in [0.15, 0.2) is 53.6 Å². The summed E-state index contributed by atoms with van der Waals surface area (Å²) in [7, 11) is -2.27. The molecule has 0 aliphatic carbocycles. The fourth-order valence-electron chi connectivity index (χ4n) is 2.82. The summed E-state index contributed by atoms with van der Waals surface area (Å²) >= 11 is 19.8. The van der Waals surface area contributed by atoms with Crippen LogP contribution in [0.2, 0.25) is 15.2 Å². The van der Waals surface area contributed by atoms with E-state index in [1.807, 2.05) is 25.2 Å². The molecule has 30 heavy (non-hydrogen) atoms. The van der Waals surface area contributed by atoms with Crippen LogP contribution in [-0.4, -0.2) is 25.4 Å². The van der Waals surface area contributed by atoms with E-state index < -0.39 is 10.0 Å². The number of pyridine rings is 1. The highest BCUT2D eigenvalue weighted by Gasteiger charge is 2.23. The number of anilines is 2. The van der Waals surface area contributed by atoms with Crippen LogP contribution in [0, 0.1) is 0 Å². The van der Waals surface area contributed by atoms with Gasteiger partial charge in [-0.15, -0.1) is 0 Å². The Hall–Kier alpha value is -2.10. The first kappa shape index (κ1) is 21.1. The van der Waals surface area contributed by atoms with E-state index in [0.717, 1.165) is 20.9 Å². The van der Waals surface area contributed by atoms with E-state index in [-0.39, 0.29) is 25.8 Å². The summed E-state index contributed by atoms with van der Waals surface area (Å²) in [5, 5.41) is 3.84. The third-order valence-electron chi connectivity index (χ3n) is 4.21. The van der Waals surface area contributed by atoms with Crippen LogP contribution in [0.5, 0.6) is 0 Å². The van der Waals surface area contributed by atoms with Crippen molar-refractivity contribution in [3.63, 3.8) is 0 Å². The van der Waals surface area contributed by atoms with Crippen molar-refractivity contribution in [3.8, 4) is 11.1 Å². The van der Waals surface area contributed by atoms with Crippen LogP contribution < -0.4 is 10.0 Å². The summed E-state index contributed by atoms with van der Waals surface area (Å²) in [5.74, 6) is 0. The molecule has 2 N–H and O–H groups in total. The lowest BCUT2D eigenvalue weighted by Crippen LogP contribution is -2.14. The number of sulfonamides is 1. The van der Waals surface area contributed by atoms with E-state index in [1.165, 1.54) is 23.5 Å². The van der Waals surface area contributed by atoms with Crippen LogP contribution in [0.1, 0.15) is 0 Å². The van der Waals surface area contributed by atoms with Gasteiger partial charge in [0.2, 0.25) is 0 Å². The maximum atomic E-state index is 12.9. The van der Waals surface area contributed by atoms with E-state index in [4.69, 9.17) is 34.8 Å². The molecule has 2 aromatic carbocycles. The van der Waals surface area contributed by atoms with E-state index in [1.54, 1.807) is 18.3 Å². The maximum absolute atomic E-state index is 12.9. The Morgan fingerprint density at radius 1 is 1.00 bits per heavy atom. The molecule has 0 aliphatic heterocycles. The molecule has 0 radical (unpaired) electrons. The minimum absolute atomic E-state index is 0.00170. The number of nitrogens with one attached hydrogen (secondary N) is 2. The zero-order chi connectivity index (χ0) is 21.5. The number of thiazole rings is 1. The first-order valence-corrected chi connectivity index (χ1v) is 11.9. The topological polar surface area (TPSA) is 84.0 Å². The van der Waals surface area contributed by atoms with Gasteiger partial charge in [-0.05, 0) is 35.9 Å². The Kier molecular flexibility index (Phi) is 5.78. The van der Waals surface area contributed by atoms with Gasteiger partial charge in [0.1, 0.15) is 4.90 Å². The van der Waals surface area contributed by atoms with Crippen LogP contribution in [0.3, 0.4) is 0 Å². The quantitative estimate of drug-likeness (QED) is 0.321. The lowest BCUT2D eigenvalue weighted by Gasteiger charge is -2.13. The largest absolute Gasteiger partial charge is 0.365 e. The normalized spacial score (nSPS) is 11.6. The fourth-order valence-corrected chi connectivity index (χ4v) is 6.09. The summed E-state index contributed by atoms with van der Waals surface area (Å²) < 4.78 is 29.2. The second-order valence-corrected chi connectivity index (χ2v) is 9.99. The Morgan fingerprint density at radius 3 is 2.43 bits per heavy atom. The molecule has 11 heteroatoms. The molecule has 0 fully saturated rings.